The zero-order valence-electron chi connectivity index (χ0n) is 19.5. The molecule has 1 amide bonds. The molecule has 1 aliphatic carbocycles. The maximum atomic E-state index is 13.8. The van der Waals surface area contributed by atoms with E-state index < -0.39 is 5.97 Å². The number of carboxylic acids is 1. The number of rotatable bonds is 4. The maximum absolute atomic E-state index is 13.8. The molecule has 31 heavy (non-hydrogen) atoms. The minimum Gasteiger partial charge on any atom is -0.477 e. The lowest BCUT2D eigenvalue weighted by Crippen LogP contribution is -2.49. The highest BCUT2D eigenvalue weighted by Gasteiger charge is 2.36. The fourth-order valence-corrected chi connectivity index (χ4v) is 5.32. The van der Waals surface area contributed by atoms with Crippen molar-refractivity contribution in [2.45, 2.75) is 72.3 Å². The molecule has 0 spiro atoms. The van der Waals surface area contributed by atoms with Crippen LogP contribution in [0.1, 0.15) is 80.8 Å². The van der Waals surface area contributed by atoms with Crippen LogP contribution in [0.25, 0.3) is 0 Å². The van der Waals surface area contributed by atoms with Crippen LogP contribution >= 0.6 is 11.3 Å². The molecule has 2 fully saturated rings. The fourth-order valence-electron chi connectivity index (χ4n) is 4.48. The number of hydrogen-bond acceptors (Lipinski definition) is 4. The Balaban J connectivity index is 1.99. The van der Waals surface area contributed by atoms with Crippen LogP contribution in [-0.4, -0.2) is 48.1 Å². The predicted octanol–water partition coefficient (Wildman–Crippen LogP) is 5.10. The second-order valence-corrected chi connectivity index (χ2v) is 11.4. The first kappa shape index (κ1) is 23.8. The van der Waals surface area contributed by atoms with E-state index in [4.69, 9.17) is 0 Å². The summed E-state index contributed by atoms with van der Waals surface area (Å²) in [5.41, 5.74) is 0.379. The molecule has 170 valence electrons. The van der Waals surface area contributed by atoms with E-state index in [2.05, 4.69) is 30.7 Å². The van der Waals surface area contributed by atoms with Crippen LogP contribution in [0.15, 0.2) is 6.07 Å². The molecule has 5 nitrogen and oxygen atoms in total. The molecule has 0 radical (unpaired) electrons. The zero-order valence-corrected chi connectivity index (χ0v) is 20.3. The number of anilines is 1. The van der Waals surface area contributed by atoms with Crippen LogP contribution in [0.5, 0.6) is 0 Å². The molecule has 1 saturated heterocycles. The number of carbonyl (C=O) groups excluding carboxylic acids is 1. The van der Waals surface area contributed by atoms with E-state index in [-0.39, 0.29) is 28.2 Å². The first-order chi connectivity index (χ1) is 14.5. The van der Waals surface area contributed by atoms with Gasteiger partial charge in [0.25, 0.3) is 0 Å². The molecular weight excluding hydrogens is 408 g/mol. The summed E-state index contributed by atoms with van der Waals surface area (Å²) in [6, 6.07) is 1.88. The molecule has 0 aromatic carbocycles. The summed E-state index contributed by atoms with van der Waals surface area (Å²) in [5.74, 6) is 6.12. The van der Waals surface area contributed by atoms with Gasteiger partial charge in [0.15, 0.2) is 0 Å². The Morgan fingerprint density at radius 2 is 1.74 bits per heavy atom. The second kappa shape index (κ2) is 9.75. The Kier molecular flexibility index (Phi) is 7.49. The number of likely N-dealkylation sites (tertiary alicyclic amines) is 1. The number of amides is 1. The maximum Gasteiger partial charge on any atom is 0.348 e. The predicted molar refractivity (Wildman–Crippen MR) is 127 cm³/mol. The highest BCUT2D eigenvalue weighted by Crippen LogP contribution is 2.37. The molecule has 0 atom stereocenters. The lowest BCUT2D eigenvalue weighted by atomic mass is 9.82. The summed E-state index contributed by atoms with van der Waals surface area (Å²) in [4.78, 5) is 31.0. The van der Waals surface area contributed by atoms with Crippen molar-refractivity contribution in [3.63, 3.8) is 0 Å². The Morgan fingerprint density at radius 3 is 2.29 bits per heavy atom. The largest absolute Gasteiger partial charge is 0.477 e. The first-order valence-electron chi connectivity index (χ1n) is 11.5. The van der Waals surface area contributed by atoms with Gasteiger partial charge in [0.2, 0.25) is 5.91 Å². The number of piperidine rings is 1. The van der Waals surface area contributed by atoms with Gasteiger partial charge in [-0.25, -0.2) is 4.79 Å². The van der Waals surface area contributed by atoms with Crippen LogP contribution in [-0.2, 0) is 4.79 Å². The Hall–Kier alpha value is -1.84. The van der Waals surface area contributed by atoms with Gasteiger partial charge in [-0.3, -0.25) is 4.79 Å². The highest BCUT2D eigenvalue weighted by molar-refractivity contribution is 7.15. The minimum absolute atomic E-state index is 0.0125. The molecule has 1 aromatic heterocycles. The van der Waals surface area contributed by atoms with E-state index >= 15 is 0 Å². The SMILES string of the molecule is CC1CCC(C(=O)N(c2cc(C#CC(C)(C)C)sc2C(=O)O)C2CCN(C)CC2)CC1. The van der Waals surface area contributed by atoms with Gasteiger partial charge in [0.05, 0.1) is 10.6 Å². The Labute approximate surface area is 190 Å². The van der Waals surface area contributed by atoms with Crippen molar-refractivity contribution in [3.05, 3.63) is 15.8 Å². The van der Waals surface area contributed by atoms with E-state index in [0.29, 0.717) is 16.5 Å². The molecule has 1 N–H and O–H groups in total. The van der Waals surface area contributed by atoms with Crippen molar-refractivity contribution in [3.8, 4) is 11.8 Å². The van der Waals surface area contributed by atoms with Gasteiger partial charge >= 0.3 is 5.97 Å². The zero-order chi connectivity index (χ0) is 22.8. The quantitative estimate of drug-likeness (QED) is 0.657. The first-order valence-corrected chi connectivity index (χ1v) is 12.3. The summed E-state index contributed by atoms with van der Waals surface area (Å²) >= 11 is 1.19. The number of thiophene rings is 1. The van der Waals surface area contributed by atoms with E-state index in [9.17, 15) is 14.7 Å². The summed E-state index contributed by atoms with van der Waals surface area (Å²) in [7, 11) is 2.10. The third-order valence-corrected chi connectivity index (χ3v) is 7.41. The Bertz CT molecular complexity index is 858. The van der Waals surface area contributed by atoms with Crippen LogP contribution < -0.4 is 4.90 Å². The molecule has 0 bridgehead atoms. The van der Waals surface area contributed by atoms with Crippen molar-refractivity contribution < 1.29 is 14.7 Å². The second-order valence-electron chi connectivity index (χ2n) is 10.3. The molecule has 3 rings (SSSR count). The molecule has 6 heteroatoms. The van der Waals surface area contributed by atoms with Crippen LogP contribution in [0.4, 0.5) is 5.69 Å². The molecule has 2 heterocycles. The van der Waals surface area contributed by atoms with Crippen molar-refractivity contribution in [1.29, 1.82) is 0 Å². The topological polar surface area (TPSA) is 60.9 Å². The number of aromatic carboxylic acids is 1. The van der Waals surface area contributed by atoms with Gasteiger partial charge in [0, 0.05) is 17.4 Å². The molecule has 2 aliphatic rings. The van der Waals surface area contributed by atoms with Gasteiger partial charge in [-0.1, -0.05) is 18.8 Å². The van der Waals surface area contributed by atoms with Crippen molar-refractivity contribution in [2.24, 2.45) is 17.3 Å². The normalized spacial score (nSPS) is 23.1. The molecule has 1 saturated carbocycles. The minimum atomic E-state index is -0.980. The van der Waals surface area contributed by atoms with E-state index in [0.717, 1.165) is 51.6 Å². The van der Waals surface area contributed by atoms with Gasteiger partial charge in [-0.15, -0.1) is 11.3 Å². The summed E-state index contributed by atoms with van der Waals surface area (Å²) in [5, 5.41) is 9.94. The Morgan fingerprint density at radius 1 is 1.13 bits per heavy atom. The van der Waals surface area contributed by atoms with Crippen LogP contribution in [0, 0.1) is 29.1 Å². The third kappa shape index (κ3) is 6.11. The highest BCUT2D eigenvalue weighted by atomic mass is 32.1. The van der Waals surface area contributed by atoms with Gasteiger partial charge in [-0.2, -0.15) is 0 Å². The molecular formula is C25H36N2O3S. The summed E-state index contributed by atoms with van der Waals surface area (Å²) in [6.45, 7) is 10.2. The smallest absolute Gasteiger partial charge is 0.348 e. The van der Waals surface area contributed by atoms with E-state index in [1.807, 2.05) is 31.7 Å². The average molecular weight is 445 g/mol. The fraction of sp³-hybridized carbons (Fsp3) is 0.680. The molecule has 1 aromatic rings. The molecule has 1 aliphatic heterocycles. The van der Waals surface area contributed by atoms with Gasteiger partial charge < -0.3 is 14.9 Å². The number of carbonyl (C=O) groups is 2. The van der Waals surface area contributed by atoms with Crippen molar-refractivity contribution in [2.75, 3.05) is 25.0 Å². The number of hydrogen-bond donors (Lipinski definition) is 1. The number of nitrogens with zero attached hydrogens (tertiary/aromatic N) is 2. The lowest BCUT2D eigenvalue weighted by molar-refractivity contribution is -0.124. The lowest BCUT2D eigenvalue weighted by Gasteiger charge is -2.39. The van der Waals surface area contributed by atoms with E-state index in [1.165, 1.54) is 11.3 Å². The van der Waals surface area contributed by atoms with E-state index in [1.54, 1.807) is 0 Å². The molecule has 0 unspecified atom stereocenters. The van der Waals surface area contributed by atoms with Crippen LogP contribution in [0.3, 0.4) is 0 Å². The van der Waals surface area contributed by atoms with Crippen molar-refractivity contribution in [1.82, 2.24) is 4.90 Å². The monoisotopic (exact) mass is 444 g/mol. The van der Waals surface area contributed by atoms with Crippen LogP contribution in [0.2, 0.25) is 0 Å². The van der Waals surface area contributed by atoms with Gasteiger partial charge in [-0.05, 0) is 91.4 Å². The summed E-state index contributed by atoms with van der Waals surface area (Å²) in [6.07, 6.45) is 5.65. The van der Waals surface area contributed by atoms with Crippen molar-refractivity contribution >= 4 is 28.9 Å². The third-order valence-electron chi connectivity index (χ3n) is 6.38. The van der Waals surface area contributed by atoms with Gasteiger partial charge in [0.1, 0.15) is 4.88 Å². The number of carboxylic acid groups (broad SMARTS) is 1. The summed E-state index contributed by atoms with van der Waals surface area (Å²) < 4.78 is 0. The average Bonchev–Trinajstić information content (AvgIpc) is 3.12. The standard InChI is InChI=1S/C25H36N2O3S/c1-17-6-8-18(9-7-17)23(28)27(19-11-14-26(5)15-12-19)21-16-20(10-13-25(2,3)4)31-22(21)24(29)30/h16-19H,6-9,11-12,14-15H2,1-5H3,(H,29,30).